The number of carbonyl (C=O) groups excluding carboxylic acids is 1. The van der Waals surface area contributed by atoms with Crippen molar-refractivity contribution >= 4 is 29.9 Å². The van der Waals surface area contributed by atoms with Gasteiger partial charge in [-0.25, -0.2) is 0 Å². The first-order valence-corrected chi connectivity index (χ1v) is 20.6. The molecule has 48 heavy (non-hydrogen) atoms. The average Bonchev–Trinajstić information content (AvgIpc) is 3.09. The van der Waals surface area contributed by atoms with Gasteiger partial charge in [-0.15, -0.1) is 35.4 Å². The maximum Gasteiger partial charge on any atom is 0.162 e. The predicted molar refractivity (Wildman–Crippen MR) is 204 cm³/mol. The van der Waals surface area contributed by atoms with E-state index in [1.165, 1.54) is 38.9 Å². The van der Waals surface area contributed by atoms with Crippen LogP contribution in [0.25, 0.3) is 44.4 Å². The molecular weight excluding hydrogens is 783 g/mol. The second-order valence-electron chi connectivity index (χ2n) is 13.3. The standard InChI is InChI=1S/C30H26NSi.C13H24O2.Ir/c1-32(2,3)26-17-18-29-28(20-26)27(23-13-8-5-9-14-23)21-30(31-29)25-16-10-15-24(19-25)22-11-6-4-7-12-22;1-5-10(6-2)12(14)9-13(15)11(7-3)8-4;/h4-15,17-21H,1-3H3;9-11,14H,5-8H2,1-4H3;/q-1;;/b;12-9-;. The number of carbonyl (C=O) groups is 1. The summed E-state index contributed by atoms with van der Waals surface area (Å²) in [5, 5.41) is 12.4. The molecule has 253 valence electrons. The van der Waals surface area contributed by atoms with E-state index in [0.717, 1.165) is 42.5 Å². The molecule has 4 aromatic carbocycles. The minimum atomic E-state index is -1.43. The molecule has 5 heteroatoms. The first-order valence-electron chi connectivity index (χ1n) is 17.1. The fourth-order valence-corrected chi connectivity index (χ4v) is 7.05. The Kier molecular flexibility index (Phi) is 14.7. The summed E-state index contributed by atoms with van der Waals surface area (Å²) in [6, 6.07) is 39.9. The Bertz CT molecular complexity index is 1790. The van der Waals surface area contributed by atoms with Gasteiger partial charge in [0.2, 0.25) is 0 Å². The number of fused-ring (bicyclic) bond motifs is 1. The van der Waals surface area contributed by atoms with Crippen LogP contribution in [0.2, 0.25) is 19.6 Å². The maximum atomic E-state index is 11.7. The summed E-state index contributed by atoms with van der Waals surface area (Å²) < 4.78 is 0. The number of hydrogen-bond acceptors (Lipinski definition) is 3. The zero-order valence-electron chi connectivity index (χ0n) is 29.5. The van der Waals surface area contributed by atoms with Crippen molar-refractivity contribution in [2.75, 3.05) is 0 Å². The first kappa shape index (κ1) is 38.8. The van der Waals surface area contributed by atoms with Crippen molar-refractivity contribution in [3.63, 3.8) is 0 Å². The zero-order chi connectivity index (χ0) is 34.0. The van der Waals surface area contributed by atoms with Gasteiger partial charge >= 0.3 is 0 Å². The van der Waals surface area contributed by atoms with E-state index in [2.05, 4.69) is 117 Å². The van der Waals surface area contributed by atoms with Crippen LogP contribution < -0.4 is 5.19 Å². The Balaban J connectivity index is 0.000000334. The van der Waals surface area contributed by atoms with E-state index in [9.17, 15) is 9.90 Å². The Hall–Kier alpha value is -3.63. The SMILES string of the molecule is CCC(CC)C(=O)/C=C(\O)C(CC)CC.C[Si](C)(C)c1ccc2nc(-c3[c-]ccc(-c4ccccc4)c3)cc(-c3ccccc3)c2c1.[Ir]. The van der Waals surface area contributed by atoms with E-state index in [1.54, 1.807) is 0 Å². The molecule has 0 unspecified atom stereocenters. The van der Waals surface area contributed by atoms with E-state index < -0.39 is 8.07 Å². The molecule has 0 amide bonds. The quantitative estimate of drug-likeness (QED) is 0.0624. The monoisotopic (exact) mass is 833 g/mol. The molecule has 0 atom stereocenters. The second-order valence-corrected chi connectivity index (χ2v) is 18.3. The fourth-order valence-electron chi connectivity index (χ4n) is 5.89. The number of aliphatic hydroxyl groups excluding tert-OH is 1. The van der Waals surface area contributed by atoms with Crippen LogP contribution in [0.1, 0.15) is 53.4 Å². The molecule has 0 bridgehead atoms. The van der Waals surface area contributed by atoms with E-state index in [-0.39, 0.29) is 43.5 Å². The van der Waals surface area contributed by atoms with E-state index >= 15 is 0 Å². The second kappa shape index (κ2) is 18.2. The van der Waals surface area contributed by atoms with Gasteiger partial charge < -0.3 is 5.11 Å². The number of pyridine rings is 1. The maximum absolute atomic E-state index is 11.7. The number of nitrogens with zero attached hydrogens (tertiary/aromatic N) is 1. The van der Waals surface area contributed by atoms with Crippen molar-refractivity contribution < 1.29 is 30.0 Å². The van der Waals surface area contributed by atoms with Crippen molar-refractivity contribution in [1.29, 1.82) is 0 Å². The molecule has 0 aliphatic rings. The number of aromatic nitrogens is 1. The minimum Gasteiger partial charge on any atom is -0.512 e. The van der Waals surface area contributed by atoms with Gasteiger partial charge in [-0.2, -0.15) is 0 Å². The minimum absolute atomic E-state index is 0. The van der Waals surface area contributed by atoms with Crippen molar-refractivity contribution in [2.45, 2.75) is 73.0 Å². The number of benzene rings is 4. The number of aliphatic hydroxyl groups is 1. The van der Waals surface area contributed by atoms with Crippen LogP contribution in [0.4, 0.5) is 0 Å². The summed E-state index contributed by atoms with van der Waals surface area (Å²) in [6.45, 7) is 15.2. The summed E-state index contributed by atoms with van der Waals surface area (Å²) in [7, 11) is -1.43. The summed E-state index contributed by atoms with van der Waals surface area (Å²) in [4.78, 5) is 16.8. The molecule has 1 aromatic heterocycles. The molecule has 0 saturated carbocycles. The normalized spacial score (nSPS) is 11.6. The van der Waals surface area contributed by atoms with Crippen LogP contribution in [0, 0.1) is 17.9 Å². The largest absolute Gasteiger partial charge is 0.512 e. The molecule has 0 saturated heterocycles. The van der Waals surface area contributed by atoms with E-state index in [0.29, 0.717) is 0 Å². The molecule has 0 aliphatic carbocycles. The number of ketones is 1. The summed E-state index contributed by atoms with van der Waals surface area (Å²) in [5.74, 6) is 0.547. The molecule has 5 rings (SSSR count). The number of allylic oxidation sites excluding steroid dienone is 2. The average molecular weight is 833 g/mol. The van der Waals surface area contributed by atoms with Crippen LogP contribution in [-0.2, 0) is 24.9 Å². The molecule has 0 spiro atoms. The molecule has 0 aliphatic heterocycles. The van der Waals surface area contributed by atoms with Crippen molar-refractivity contribution in [3.8, 4) is 33.5 Å². The molecule has 5 aromatic rings. The third-order valence-corrected chi connectivity index (χ3v) is 11.1. The third kappa shape index (κ3) is 9.95. The Labute approximate surface area is 302 Å². The van der Waals surface area contributed by atoms with Crippen LogP contribution in [0.15, 0.2) is 115 Å². The molecule has 1 radical (unpaired) electrons. The van der Waals surface area contributed by atoms with Crippen molar-refractivity contribution in [3.05, 3.63) is 121 Å². The van der Waals surface area contributed by atoms with E-state index in [1.807, 2.05) is 39.8 Å². The fraction of sp³-hybridized carbons (Fsp3) is 0.302. The Morgan fingerprint density at radius 3 is 1.90 bits per heavy atom. The van der Waals surface area contributed by atoms with Gasteiger partial charge in [-0.3, -0.25) is 9.78 Å². The van der Waals surface area contributed by atoms with Gasteiger partial charge in [-0.1, -0.05) is 131 Å². The zero-order valence-corrected chi connectivity index (χ0v) is 32.9. The topological polar surface area (TPSA) is 50.2 Å². The molecule has 3 nitrogen and oxygen atoms in total. The number of hydrogen-bond donors (Lipinski definition) is 1. The predicted octanol–water partition coefficient (Wildman–Crippen LogP) is 11.4. The van der Waals surface area contributed by atoms with Crippen molar-refractivity contribution in [2.24, 2.45) is 11.8 Å². The molecular formula is C43H50IrNO2Si-. The summed E-state index contributed by atoms with van der Waals surface area (Å²) in [5.41, 5.74) is 7.82. The molecule has 1 N–H and O–H groups in total. The van der Waals surface area contributed by atoms with Crippen LogP contribution in [0.5, 0.6) is 0 Å². The van der Waals surface area contributed by atoms with Gasteiger partial charge in [0.15, 0.2) is 5.78 Å². The van der Waals surface area contributed by atoms with Crippen molar-refractivity contribution in [1.82, 2.24) is 4.98 Å². The van der Waals surface area contributed by atoms with E-state index in [4.69, 9.17) is 4.98 Å². The van der Waals surface area contributed by atoms with Crippen LogP contribution in [-0.4, -0.2) is 23.9 Å². The van der Waals surface area contributed by atoms with Crippen LogP contribution >= 0.6 is 0 Å². The van der Waals surface area contributed by atoms with Gasteiger partial charge in [0.25, 0.3) is 0 Å². The Morgan fingerprint density at radius 1 is 0.750 bits per heavy atom. The first-order chi connectivity index (χ1) is 22.6. The van der Waals surface area contributed by atoms with Gasteiger partial charge in [0.05, 0.1) is 19.3 Å². The third-order valence-electron chi connectivity index (χ3n) is 9.03. The summed E-state index contributed by atoms with van der Waals surface area (Å²) in [6.07, 6.45) is 4.91. The van der Waals surface area contributed by atoms with Gasteiger partial charge in [0.1, 0.15) is 0 Å². The van der Waals surface area contributed by atoms with Gasteiger partial charge in [0, 0.05) is 43.4 Å². The molecule has 0 fully saturated rings. The molecule has 1 heterocycles. The Morgan fingerprint density at radius 2 is 1.33 bits per heavy atom. The smallest absolute Gasteiger partial charge is 0.162 e. The van der Waals surface area contributed by atoms with Crippen LogP contribution in [0.3, 0.4) is 0 Å². The summed E-state index contributed by atoms with van der Waals surface area (Å²) >= 11 is 0. The number of rotatable bonds is 11. The van der Waals surface area contributed by atoms with Gasteiger partial charge in [-0.05, 0) is 54.1 Å².